The number of carbonyl (C=O) groups is 1. The quantitative estimate of drug-likeness (QED) is 0.569. The summed E-state index contributed by atoms with van der Waals surface area (Å²) in [6.45, 7) is 0.932. The molecule has 3 rings (SSSR count). The fraction of sp³-hybridized carbons (Fsp3) is 0.263. The predicted octanol–water partition coefficient (Wildman–Crippen LogP) is 4.41. The molecule has 0 unspecified atom stereocenters. The van der Waals surface area contributed by atoms with Gasteiger partial charge in [-0.05, 0) is 24.3 Å². The van der Waals surface area contributed by atoms with Crippen LogP contribution >= 0.6 is 34.5 Å². The maximum absolute atomic E-state index is 12.9. The van der Waals surface area contributed by atoms with Crippen molar-refractivity contribution < 1.29 is 19.0 Å². The van der Waals surface area contributed by atoms with Gasteiger partial charge < -0.3 is 18.8 Å². The molecule has 2 aromatic carbocycles. The van der Waals surface area contributed by atoms with Gasteiger partial charge in [0.1, 0.15) is 11.5 Å². The average molecular weight is 441 g/mol. The molecule has 0 fully saturated rings. The number of halogens is 2. The number of rotatable bonds is 6. The zero-order valence-corrected chi connectivity index (χ0v) is 17.8. The van der Waals surface area contributed by atoms with Gasteiger partial charge in [-0.25, -0.2) is 0 Å². The van der Waals surface area contributed by atoms with Crippen LogP contribution in [0.25, 0.3) is 10.2 Å². The summed E-state index contributed by atoms with van der Waals surface area (Å²) in [5, 5.41) is 1.01. The largest absolute Gasteiger partial charge is 0.497 e. The van der Waals surface area contributed by atoms with Crippen LogP contribution in [-0.2, 0) is 11.3 Å². The van der Waals surface area contributed by atoms with Crippen molar-refractivity contribution in [2.75, 3.05) is 27.9 Å². The molecule has 148 valence electrons. The molecule has 28 heavy (non-hydrogen) atoms. The first kappa shape index (κ1) is 20.7. The number of hydrogen-bond donors (Lipinski definition) is 0. The van der Waals surface area contributed by atoms with Gasteiger partial charge in [0.2, 0.25) is 0 Å². The molecule has 3 aromatic rings. The molecule has 0 aliphatic heterocycles. The number of ether oxygens (including phenoxy) is 3. The number of methoxy groups -OCH3 is 3. The van der Waals surface area contributed by atoms with Crippen molar-refractivity contribution in [3.05, 3.63) is 50.7 Å². The van der Waals surface area contributed by atoms with Crippen molar-refractivity contribution in [2.24, 2.45) is 4.99 Å². The van der Waals surface area contributed by atoms with Crippen molar-refractivity contribution in [3.8, 4) is 11.5 Å². The van der Waals surface area contributed by atoms with E-state index < -0.39 is 5.91 Å². The van der Waals surface area contributed by atoms with Crippen molar-refractivity contribution >= 4 is 50.7 Å². The highest BCUT2D eigenvalue weighted by Crippen LogP contribution is 2.30. The predicted molar refractivity (Wildman–Crippen MR) is 111 cm³/mol. The zero-order chi connectivity index (χ0) is 20.3. The first-order chi connectivity index (χ1) is 13.5. The number of fused-ring (bicyclic) bond motifs is 1. The van der Waals surface area contributed by atoms with Crippen LogP contribution in [0.5, 0.6) is 11.5 Å². The Balaban J connectivity index is 2.15. The van der Waals surface area contributed by atoms with Gasteiger partial charge >= 0.3 is 0 Å². The van der Waals surface area contributed by atoms with E-state index in [-0.39, 0.29) is 0 Å². The fourth-order valence-corrected chi connectivity index (χ4v) is 4.56. The minimum atomic E-state index is -0.431. The first-order valence-corrected chi connectivity index (χ1v) is 9.84. The summed E-state index contributed by atoms with van der Waals surface area (Å²) in [6.07, 6.45) is 0. The van der Waals surface area contributed by atoms with E-state index in [2.05, 4.69) is 4.99 Å². The van der Waals surface area contributed by atoms with Gasteiger partial charge in [-0.2, -0.15) is 4.99 Å². The van der Waals surface area contributed by atoms with Crippen LogP contribution in [0.2, 0.25) is 10.0 Å². The highest BCUT2D eigenvalue weighted by atomic mass is 35.5. The second kappa shape index (κ2) is 8.96. The van der Waals surface area contributed by atoms with Crippen molar-refractivity contribution in [1.82, 2.24) is 4.57 Å². The van der Waals surface area contributed by atoms with E-state index in [4.69, 9.17) is 37.4 Å². The Kier molecular flexibility index (Phi) is 6.61. The van der Waals surface area contributed by atoms with Crippen molar-refractivity contribution in [3.63, 3.8) is 0 Å². The molecule has 0 saturated heterocycles. The number of aromatic nitrogens is 1. The lowest BCUT2D eigenvalue weighted by Crippen LogP contribution is -2.19. The van der Waals surface area contributed by atoms with Gasteiger partial charge in [0.05, 0.1) is 41.6 Å². The second-order valence-corrected chi connectivity index (χ2v) is 7.60. The Labute approximate surface area is 175 Å². The molecule has 1 heterocycles. The maximum atomic E-state index is 12.9. The van der Waals surface area contributed by atoms with Crippen LogP contribution < -0.4 is 14.3 Å². The van der Waals surface area contributed by atoms with Gasteiger partial charge in [0.25, 0.3) is 5.91 Å². The summed E-state index contributed by atoms with van der Waals surface area (Å²) in [5.41, 5.74) is 1.10. The minimum absolute atomic E-state index is 0.336. The summed E-state index contributed by atoms with van der Waals surface area (Å²) in [7, 11) is 4.65. The third-order valence-corrected chi connectivity index (χ3v) is 5.58. The molecule has 0 saturated carbocycles. The number of benzene rings is 2. The van der Waals surface area contributed by atoms with E-state index in [0.29, 0.717) is 45.1 Å². The molecule has 0 aliphatic carbocycles. The Hall–Kier alpha value is -2.06. The standard InChI is InChI=1S/C19H18Cl2N2O4S/c1-25-7-6-23-17-14(21)8-11(20)9-16(17)28-19(23)22-18(24)13-5-4-12(26-2)10-15(13)27-3/h4-5,8-10H,6-7H2,1-3H3. The fourth-order valence-electron chi connectivity index (χ4n) is 2.73. The molecule has 0 N–H and O–H groups in total. The molecule has 0 aliphatic rings. The molecule has 1 aromatic heterocycles. The van der Waals surface area contributed by atoms with Gasteiger partial charge in [0.15, 0.2) is 4.80 Å². The van der Waals surface area contributed by atoms with Crippen LogP contribution in [-0.4, -0.2) is 38.4 Å². The van der Waals surface area contributed by atoms with Crippen LogP contribution in [0.3, 0.4) is 0 Å². The van der Waals surface area contributed by atoms with Crippen LogP contribution in [0, 0.1) is 0 Å². The Morgan fingerprint density at radius 1 is 1.14 bits per heavy atom. The molecule has 0 bridgehead atoms. The summed E-state index contributed by atoms with van der Waals surface area (Å²) in [5.74, 6) is 0.546. The zero-order valence-electron chi connectivity index (χ0n) is 15.5. The van der Waals surface area contributed by atoms with Crippen molar-refractivity contribution in [2.45, 2.75) is 6.54 Å². The molecule has 0 radical (unpaired) electrons. The molecule has 0 spiro atoms. The van der Waals surface area contributed by atoms with Gasteiger partial charge in [-0.1, -0.05) is 34.5 Å². The summed E-state index contributed by atoms with van der Waals surface area (Å²) in [6, 6.07) is 8.42. The number of nitrogens with zero attached hydrogens (tertiary/aromatic N) is 2. The number of hydrogen-bond acceptors (Lipinski definition) is 5. The third-order valence-electron chi connectivity index (χ3n) is 4.05. The molecule has 1 amide bonds. The molecule has 6 nitrogen and oxygen atoms in total. The smallest absolute Gasteiger partial charge is 0.283 e. The Morgan fingerprint density at radius 3 is 2.61 bits per heavy atom. The van der Waals surface area contributed by atoms with E-state index in [1.165, 1.54) is 18.4 Å². The molecular formula is C19H18Cl2N2O4S. The highest BCUT2D eigenvalue weighted by molar-refractivity contribution is 7.16. The summed E-state index contributed by atoms with van der Waals surface area (Å²) in [4.78, 5) is 17.7. The topological polar surface area (TPSA) is 62.1 Å². The Morgan fingerprint density at radius 2 is 1.93 bits per heavy atom. The lowest BCUT2D eigenvalue weighted by molar-refractivity contribution is 0.0994. The average Bonchev–Trinajstić information content (AvgIpc) is 3.02. The number of thiazole rings is 1. The molecule has 0 atom stereocenters. The van der Waals surface area contributed by atoms with Gasteiger partial charge in [-0.15, -0.1) is 0 Å². The third kappa shape index (κ3) is 4.17. The van der Waals surface area contributed by atoms with Gasteiger partial charge in [-0.3, -0.25) is 4.79 Å². The van der Waals surface area contributed by atoms with E-state index >= 15 is 0 Å². The first-order valence-electron chi connectivity index (χ1n) is 8.27. The van der Waals surface area contributed by atoms with Crippen LogP contribution in [0.1, 0.15) is 10.4 Å². The van der Waals surface area contributed by atoms with E-state index in [9.17, 15) is 4.79 Å². The van der Waals surface area contributed by atoms with Crippen molar-refractivity contribution in [1.29, 1.82) is 0 Å². The summed E-state index contributed by atoms with van der Waals surface area (Å²) >= 11 is 13.8. The maximum Gasteiger partial charge on any atom is 0.283 e. The van der Waals surface area contributed by atoms with E-state index in [0.717, 1.165) is 10.2 Å². The summed E-state index contributed by atoms with van der Waals surface area (Å²) < 4.78 is 18.4. The van der Waals surface area contributed by atoms with E-state index in [1.54, 1.807) is 44.6 Å². The number of amides is 1. The van der Waals surface area contributed by atoms with Crippen LogP contribution in [0.15, 0.2) is 35.3 Å². The monoisotopic (exact) mass is 440 g/mol. The normalized spacial score (nSPS) is 11.8. The lowest BCUT2D eigenvalue weighted by Gasteiger charge is -2.08. The minimum Gasteiger partial charge on any atom is -0.497 e. The second-order valence-electron chi connectivity index (χ2n) is 5.75. The molecular weight excluding hydrogens is 423 g/mol. The van der Waals surface area contributed by atoms with E-state index in [1.807, 2.05) is 4.57 Å². The van der Waals surface area contributed by atoms with Crippen LogP contribution in [0.4, 0.5) is 0 Å². The Bertz CT molecular complexity index is 1090. The SMILES string of the molecule is COCCn1c(=NC(=O)c2ccc(OC)cc2OC)sc2cc(Cl)cc(Cl)c21. The number of carbonyl (C=O) groups excluding carboxylic acids is 1. The molecule has 9 heteroatoms. The lowest BCUT2D eigenvalue weighted by atomic mass is 10.2. The van der Waals surface area contributed by atoms with Gasteiger partial charge in [0, 0.05) is 24.7 Å². The highest BCUT2D eigenvalue weighted by Gasteiger charge is 2.16.